The lowest BCUT2D eigenvalue weighted by atomic mass is 10.1. The van der Waals surface area contributed by atoms with Gasteiger partial charge in [0.05, 0.1) is 0 Å². The summed E-state index contributed by atoms with van der Waals surface area (Å²) in [6.45, 7) is 5.48. The summed E-state index contributed by atoms with van der Waals surface area (Å²) < 4.78 is 0. The summed E-state index contributed by atoms with van der Waals surface area (Å²) in [5.74, 6) is -0.198. The van der Waals surface area contributed by atoms with Crippen molar-refractivity contribution in [2.24, 2.45) is 0 Å². The molecule has 8 nitrogen and oxygen atoms in total. The van der Waals surface area contributed by atoms with Crippen molar-refractivity contribution in [1.82, 2.24) is 30.3 Å². The molecule has 29 heavy (non-hydrogen) atoms. The van der Waals surface area contributed by atoms with Crippen molar-refractivity contribution >= 4 is 16.9 Å². The number of pyridine rings is 1. The second-order valence-corrected chi connectivity index (χ2v) is 7.49. The van der Waals surface area contributed by atoms with Crippen LogP contribution in [-0.2, 0) is 6.42 Å². The third-order valence-electron chi connectivity index (χ3n) is 5.39. The largest absolute Gasteiger partial charge is 0.505 e. The minimum absolute atomic E-state index is 0.0860. The zero-order valence-corrected chi connectivity index (χ0v) is 16.6. The van der Waals surface area contributed by atoms with Gasteiger partial charge >= 0.3 is 0 Å². The summed E-state index contributed by atoms with van der Waals surface area (Å²) in [7, 11) is 2.12. The average molecular weight is 394 g/mol. The molecular weight excluding hydrogens is 368 g/mol. The lowest BCUT2D eigenvalue weighted by Crippen LogP contribution is -2.46. The first-order valence-electron chi connectivity index (χ1n) is 9.90. The fraction of sp³-hybridized carbons (Fsp3) is 0.381. The lowest BCUT2D eigenvalue weighted by Gasteiger charge is -2.32. The number of piperazine rings is 1. The number of hydrogen-bond acceptors (Lipinski definition) is 6. The topological polar surface area (TPSA) is 97.4 Å². The first kappa shape index (κ1) is 19.4. The SMILES string of the molecule is CN1CCN(CCNC(=O)c2n[nH]c3c(O)c(Cc4ccccc4)cnc23)CC1. The minimum atomic E-state index is -0.284. The van der Waals surface area contributed by atoms with E-state index >= 15 is 0 Å². The summed E-state index contributed by atoms with van der Waals surface area (Å²) >= 11 is 0. The number of H-pyrrole nitrogens is 1. The monoisotopic (exact) mass is 394 g/mol. The molecule has 0 aliphatic carbocycles. The quantitative estimate of drug-likeness (QED) is 0.582. The molecule has 1 aliphatic heterocycles. The van der Waals surface area contributed by atoms with Gasteiger partial charge in [-0.15, -0.1) is 0 Å². The molecule has 152 valence electrons. The van der Waals surface area contributed by atoms with Crippen LogP contribution in [0.15, 0.2) is 36.5 Å². The Hall–Kier alpha value is -2.97. The molecule has 1 aliphatic rings. The van der Waals surface area contributed by atoms with E-state index in [-0.39, 0.29) is 17.4 Å². The fourth-order valence-electron chi connectivity index (χ4n) is 3.58. The van der Waals surface area contributed by atoms with Crippen LogP contribution in [0.3, 0.4) is 0 Å². The molecular formula is C21H26N6O2. The van der Waals surface area contributed by atoms with Gasteiger partial charge in [0.2, 0.25) is 0 Å². The molecule has 0 spiro atoms. The number of nitrogens with one attached hydrogen (secondary N) is 2. The Morgan fingerprint density at radius 2 is 1.97 bits per heavy atom. The molecule has 8 heteroatoms. The number of carbonyl (C=O) groups is 1. The van der Waals surface area contributed by atoms with Crippen molar-refractivity contribution in [2.75, 3.05) is 46.3 Å². The van der Waals surface area contributed by atoms with Gasteiger partial charge in [0.1, 0.15) is 16.8 Å². The molecule has 1 fully saturated rings. The van der Waals surface area contributed by atoms with Crippen molar-refractivity contribution in [1.29, 1.82) is 0 Å². The van der Waals surface area contributed by atoms with Crippen LogP contribution in [0.4, 0.5) is 0 Å². The van der Waals surface area contributed by atoms with Gasteiger partial charge in [-0.25, -0.2) is 0 Å². The smallest absolute Gasteiger partial charge is 0.274 e. The Morgan fingerprint density at radius 1 is 1.21 bits per heavy atom. The van der Waals surface area contributed by atoms with E-state index < -0.39 is 0 Å². The van der Waals surface area contributed by atoms with E-state index in [2.05, 4.69) is 37.3 Å². The Labute approximate surface area is 169 Å². The van der Waals surface area contributed by atoms with E-state index in [0.29, 0.717) is 29.6 Å². The number of hydrogen-bond donors (Lipinski definition) is 3. The van der Waals surface area contributed by atoms with Crippen LogP contribution in [0.1, 0.15) is 21.6 Å². The summed E-state index contributed by atoms with van der Waals surface area (Å²) in [5.41, 5.74) is 2.75. The summed E-state index contributed by atoms with van der Waals surface area (Å²) in [6.07, 6.45) is 2.17. The molecule has 1 saturated heterocycles. The zero-order valence-electron chi connectivity index (χ0n) is 16.6. The highest BCUT2D eigenvalue weighted by Crippen LogP contribution is 2.28. The number of aromatic nitrogens is 3. The van der Waals surface area contributed by atoms with Crippen LogP contribution in [0, 0.1) is 0 Å². The summed E-state index contributed by atoms with van der Waals surface area (Å²) in [5, 5.41) is 20.4. The zero-order chi connectivity index (χ0) is 20.2. The number of aromatic amines is 1. The molecule has 0 bridgehead atoms. The van der Waals surface area contributed by atoms with Gasteiger partial charge in [-0.2, -0.15) is 5.10 Å². The minimum Gasteiger partial charge on any atom is -0.505 e. The van der Waals surface area contributed by atoms with E-state index in [4.69, 9.17) is 0 Å². The number of aromatic hydroxyl groups is 1. The molecule has 2 aromatic heterocycles. The summed E-state index contributed by atoms with van der Waals surface area (Å²) in [4.78, 5) is 21.6. The van der Waals surface area contributed by atoms with Crippen LogP contribution in [0.2, 0.25) is 0 Å². The Morgan fingerprint density at radius 3 is 2.72 bits per heavy atom. The third kappa shape index (κ3) is 4.38. The van der Waals surface area contributed by atoms with E-state index in [1.165, 1.54) is 0 Å². The molecule has 3 N–H and O–H groups in total. The molecule has 0 atom stereocenters. The van der Waals surface area contributed by atoms with E-state index in [0.717, 1.165) is 38.3 Å². The van der Waals surface area contributed by atoms with Crippen molar-refractivity contribution in [3.8, 4) is 5.75 Å². The van der Waals surface area contributed by atoms with Gasteiger partial charge in [-0.05, 0) is 12.6 Å². The summed E-state index contributed by atoms with van der Waals surface area (Å²) in [6, 6.07) is 9.86. The molecule has 0 saturated carbocycles. The molecule has 0 unspecified atom stereocenters. The van der Waals surface area contributed by atoms with Crippen molar-refractivity contribution in [2.45, 2.75) is 6.42 Å². The third-order valence-corrected chi connectivity index (χ3v) is 5.39. The molecule has 1 amide bonds. The predicted molar refractivity (Wildman–Crippen MR) is 111 cm³/mol. The number of fused-ring (bicyclic) bond motifs is 1. The number of amides is 1. The fourth-order valence-corrected chi connectivity index (χ4v) is 3.58. The van der Waals surface area contributed by atoms with E-state index in [1.54, 1.807) is 6.20 Å². The van der Waals surface area contributed by atoms with Crippen molar-refractivity contribution in [3.63, 3.8) is 0 Å². The van der Waals surface area contributed by atoms with Gasteiger partial charge in [-0.3, -0.25) is 19.8 Å². The highest BCUT2D eigenvalue weighted by Gasteiger charge is 2.20. The Bertz CT molecular complexity index is 980. The van der Waals surface area contributed by atoms with Crippen LogP contribution in [0.25, 0.3) is 11.0 Å². The van der Waals surface area contributed by atoms with E-state index in [1.807, 2.05) is 30.3 Å². The number of nitrogens with zero attached hydrogens (tertiary/aromatic N) is 4. The lowest BCUT2D eigenvalue weighted by molar-refractivity contribution is 0.0937. The second-order valence-electron chi connectivity index (χ2n) is 7.49. The molecule has 3 heterocycles. The van der Waals surface area contributed by atoms with Gasteiger partial charge in [0.25, 0.3) is 5.91 Å². The Balaban J connectivity index is 1.41. The van der Waals surface area contributed by atoms with Crippen molar-refractivity contribution in [3.05, 3.63) is 53.3 Å². The van der Waals surface area contributed by atoms with Crippen LogP contribution in [-0.4, -0.2) is 82.3 Å². The maximum atomic E-state index is 12.6. The predicted octanol–water partition coefficient (Wildman–Crippen LogP) is 1.23. The molecule has 1 aromatic carbocycles. The van der Waals surface area contributed by atoms with Crippen LogP contribution >= 0.6 is 0 Å². The van der Waals surface area contributed by atoms with E-state index in [9.17, 15) is 9.90 Å². The maximum absolute atomic E-state index is 12.6. The first-order chi connectivity index (χ1) is 14.1. The number of rotatable bonds is 6. The highest BCUT2D eigenvalue weighted by atomic mass is 16.3. The van der Waals surface area contributed by atoms with Gasteiger partial charge in [0, 0.05) is 57.4 Å². The number of carbonyl (C=O) groups excluding carboxylic acids is 1. The Kier molecular flexibility index (Phi) is 5.73. The number of benzene rings is 1. The molecule has 3 aromatic rings. The van der Waals surface area contributed by atoms with Crippen molar-refractivity contribution < 1.29 is 9.90 Å². The maximum Gasteiger partial charge on any atom is 0.274 e. The van der Waals surface area contributed by atoms with Gasteiger partial charge < -0.3 is 15.3 Å². The molecule has 0 radical (unpaired) electrons. The second kappa shape index (κ2) is 8.59. The highest BCUT2D eigenvalue weighted by molar-refractivity contribution is 6.04. The molecule has 4 rings (SSSR count). The van der Waals surface area contributed by atoms with Gasteiger partial charge in [0.15, 0.2) is 5.69 Å². The van der Waals surface area contributed by atoms with Crippen LogP contribution in [0.5, 0.6) is 5.75 Å². The normalized spacial score (nSPS) is 15.6. The average Bonchev–Trinajstić information content (AvgIpc) is 3.17. The standard InChI is InChI=1S/C21H26N6O2/c1-26-9-11-27(12-10-26)8-7-22-21(29)19-17-18(24-25-19)20(28)16(14-23-17)13-15-5-3-2-4-6-15/h2-6,14H,7-13H2,1H3,(H,22,29)(H,23,28)(H,24,25). The number of likely N-dealkylation sites (N-methyl/N-ethyl adjacent to an activating group) is 1. The van der Waals surface area contributed by atoms with Crippen LogP contribution < -0.4 is 5.32 Å². The van der Waals surface area contributed by atoms with Gasteiger partial charge in [-0.1, -0.05) is 30.3 Å². The first-order valence-corrected chi connectivity index (χ1v) is 9.90.